The molecule has 6 nitrogen and oxygen atoms in total. The van der Waals surface area contributed by atoms with Crippen molar-refractivity contribution < 1.29 is 14.3 Å². The summed E-state index contributed by atoms with van der Waals surface area (Å²) in [7, 11) is 0. The first kappa shape index (κ1) is 17.0. The van der Waals surface area contributed by atoms with Crippen LogP contribution in [0.2, 0.25) is 5.02 Å². The summed E-state index contributed by atoms with van der Waals surface area (Å²) in [5.74, 6) is 1.21. The van der Waals surface area contributed by atoms with E-state index in [1.807, 2.05) is 12.1 Å². The Labute approximate surface area is 157 Å². The summed E-state index contributed by atoms with van der Waals surface area (Å²) in [4.78, 5) is 19.2. The molecule has 136 valence electrons. The molecule has 26 heavy (non-hydrogen) atoms. The number of pyridine rings is 1. The maximum atomic E-state index is 12.6. The van der Waals surface area contributed by atoms with E-state index < -0.39 is 0 Å². The predicted octanol–water partition coefficient (Wildman–Crippen LogP) is 3.75. The molecular formula is C19H20ClN3O3. The number of carbonyl (C=O) groups excluding carboxylic acids is 1. The van der Waals surface area contributed by atoms with Crippen LogP contribution in [0.3, 0.4) is 0 Å². The third kappa shape index (κ3) is 3.55. The van der Waals surface area contributed by atoms with Crippen molar-refractivity contribution in [3.8, 4) is 11.5 Å². The molecule has 2 aromatic rings. The van der Waals surface area contributed by atoms with Gasteiger partial charge in [0.1, 0.15) is 5.82 Å². The highest BCUT2D eigenvalue weighted by Gasteiger charge is 2.19. The molecule has 0 atom stereocenters. The van der Waals surface area contributed by atoms with E-state index in [0.717, 1.165) is 25.2 Å². The maximum absolute atomic E-state index is 12.6. The molecule has 0 aliphatic carbocycles. The van der Waals surface area contributed by atoms with Gasteiger partial charge in [0.15, 0.2) is 11.5 Å². The summed E-state index contributed by atoms with van der Waals surface area (Å²) >= 11 is 6.25. The highest BCUT2D eigenvalue weighted by Crippen LogP contribution is 2.38. The molecule has 4 rings (SSSR count). The Morgan fingerprint density at radius 3 is 2.69 bits per heavy atom. The predicted molar refractivity (Wildman–Crippen MR) is 101 cm³/mol. The monoisotopic (exact) mass is 373 g/mol. The minimum atomic E-state index is -0.288. The number of benzene rings is 1. The first-order valence-electron chi connectivity index (χ1n) is 8.82. The standard InChI is InChI=1S/C19H20ClN3O3/c20-15-10-13(11-16-18(15)26-9-3-8-25-16)19(24)22-17-5-4-14(12-21-17)23-6-1-2-7-23/h4-5,10-12H,1-3,6-9H2,(H,21,22,24). The average molecular weight is 374 g/mol. The quantitative estimate of drug-likeness (QED) is 0.887. The largest absolute Gasteiger partial charge is 0.489 e. The molecule has 0 saturated carbocycles. The maximum Gasteiger partial charge on any atom is 0.257 e. The highest BCUT2D eigenvalue weighted by atomic mass is 35.5. The Morgan fingerprint density at radius 2 is 1.92 bits per heavy atom. The molecule has 0 radical (unpaired) electrons. The van der Waals surface area contributed by atoms with Crippen LogP contribution in [-0.2, 0) is 0 Å². The third-order valence-electron chi connectivity index (χ3n) is 4.53. The van der Waals surface area contributed by atoms with Crippen molar-refractivity contribution in [2.24, 2.45) is 0 Å². The first-order valence-corrected chi connectivity index (χ1v) is 9.20. The van der Waals surface area contributed by atoms with Crippen LogP contribution in [0, 0.1) is 0 Å². The van der Waals surface area contributed by atoms with E-state index in [4.69, 9.17) is 21.1 Å². The Bertz CT molecular complexity index is 804. The van der Waals surface area contributed by atoms with E-state index in [1.165, 1.54) is 12.8 Å². The Morgan fingerprint density at radius 1 is 1.12 bits per heavy atom. The van der Waals surface area contributed by atoms with Gasteiger partial charge in [0.25, 0.3) is 5.91 Å². The van der Waals surface area contributed by atoms with Gasteiger partial charge in [-0.2, -0.15) is 0 Å². The molecule has 1 N–H and O–H groups in total. The Hall–Kier alpha value is -2.47. The molecule has 0 unspecified atom stereocenters. The van der Waals surface area contributed by atoms with Gasteiger partial charge in [-0.3, -0.25) is 4.79 Å². The van der Waals surface area contributed by atoms with Gasteiger partial charge < -0.3 is 19.7 Å². The number of halogens is 1. The third-order valence-corrected chi connectivity index (χ3v) is 4.81. The summed E-state index contributed by atoms with van der Waals surface area (Å²) in [6.07, 6.45) is 4.99. The van der Waals surface area contributed by atoms with E-state index in [1.54, 1.807) is 18.3 Å². The fourth-order valence-electron chi connectivity index (χ4n) is 3.17. The van der Waals surface area contributed by atoms with Crippen molar-refractivity contribution in [3.05, 3.63) is 41.0 Å². The van der Waals surface area contributed by atoms with Gasteiger partial charge in [-0.1, -0.05) is 11.6 Å². The van der Waals surface area contributed by atoms with Crippen LogP contribution in [0.15, 0.2) is 30.5 Å². The van der Waals surface area contributed by atoms with Crippen LogP contribution in [0.25, 0.3) is 0 Å². The lowest BCUT2D eigenvalue weighted by Crippen LogP contribution is -2.18. The molecule has 0 spiro atoms. The van der Waals surface area contributed by atoms with Crippen LogP contribution >= 0.6 is 11.6 Å². The minimum Gasteiger partial charge on any atom is -0.489 e. The zero-order valence-corrected chi connectivity index (χ0v) is 15.1. The number of carbonyl (C=O) groups is 1. The fraction of sp³-hybridized carbons (Fsp3) is 0.368. The van der Waals surface area contributed by atoms with E-state index in [-0.39, 0.29) is 5.91 Å². The van der Waals surface area contributed by atoms with Gasteiger partial charge in [-0.15, -0.1) is 0 Å². The van der Waals surface area contributed by atoms with E-state index in [2.05, 4.69) is 15.2 Å². The molecule has 1 aromatic heterocycles. The smallest absolute Gasteiger partial charge is 0.257 e. The van der Waals surface area contributed by atoms with Gasteiger partial charge in [0.05, 0.1) is 30.1 Å². The fourth-order valence-corrected chi connectivity index (χ4v) is 3.44. The number of ether oxygens (including phenoxy) is 2. The van der Waals surface area contributed by atoms with Crippen molar-refractivity contribution >= 4 is 29.0 Å². The summed E-state index contributed by atoms with van der Waals surface area (Å²) in [6.45, 7) is 3.20. The second-order valence-electron chi connectivity index (χ2n) is 6.39. The molecule has 0 bridgehead atoms. The molecule has 7 heteroatoms. The number of nitrogens with zero attached hydrogens (tertiary/aromatic N) is 2. The second-order valence-corrected chi connectivity index (χ2v) is 6.79. The molecule has 1 saturated heterocycles. The van der Waals surface area contributed by atoms with Gasteiger partial charge in [0, 0.05) is 25.1 Å². The minimum absolute atomic E-state index is 0.288. The molecule has 2 aliphatic rings. The number of fused-ring (bicyclic) bond motifs is 1. The van der Waals surface area contributed by atoms with Crippen LogP contribution in [0.1, 0.15) is 29.6 Å². The number of rotatable bonds is 3. The molecule has 1 amide bonds. The summed E-state index contributed by atoms with van der Waals surface area (Å²) in [6, 6.07) is 7.04. The van der Waals surface area contributed by atoms with Crippen LogP contribution < -0.4 is 19.7 Å². The van der Waals surface area contributed by atoms with Crippen molar-refractivity contribution in [2.45, 2.75) is 19.3 Å². The lowest BCUT2D eigenvalue weighted by molar-refractivity contribution is 0.102. The van der Waals surface area contributed by atoms with Crippen LogP contribution in [0.5, 0.6) is 11.5 Å². The number of hydrogen-bond acceptors (Lipinski definition) is 5. The van der Waals surface area contributed by atoms with Crippen LogP contribution in [0.4, 0.5) is 11.5 Å². The van der Waals surface area contributed by atoms with E-state index in [0.29, 0.717) is 41.1 Å². The molecule has 3 heterocycles. The zero-order chi connectivity index (χ0) is 17.9. The van der Waals surface area contributed by atoms with Gasteiger partial charge in [0.2, 0.25) is 0 Å². The summed E-state index contributed by atoms with van der Waals surface area (Å²) in [5.41, 5.74) is 1.49. The van der Waals surface area contributed by atoms with Gasteiger partial charge in [-0.05, 0) is 37.1 Å². The topological polar surface area (TPSA) is 63.7 Å². The van der Waals surface area contributed by atoms with Crippen LogP contribution in [-0.4, -0.2) is 37.2 Å². The molecule has 1 aromatic carbocycles. The van der Waals surface area contributed by atoms with Crippen molar-refractivity contribution in [3.63, 3.8) is 0 Å². The lowest BCUT2D eigenvalue weighted by Gasteiger charge is -2.17. The van der Waals surface area contributed by atoms with Crippen molar-refractivity contribution in [1.82, 2.24) is 4.98 Å². The number of hydrogen-bond donors (Lipinski definition) is 1. The van der Waals surface area contributed by atoms with Crippen molar-refractivity contribution in [1.29, 1.82) is 0 Å². The normalized spacial score (nSPS) is 16.3. The number of amides is 1. The molecule has 1 fully saturated rings. The second kappa shape index (κ2) is 7.41. The SMILES string of the molecule is O=C(Nc1ccc(N2CCCC2)cn1)c1cc(Cl)c2c(c1)OCCCO2. The molecular weight excluding hydrogens is 354 g/mol. The van der Waals surface area contributed by atoms with Gasteiger partial charge >= 0.3 is 0 Å². The average Bonchev–Trinajstić information content (AvgIpc) is 3.07. The highest BCUT2D eigenvalue weighted by molar-refractivity contribution is 6.32. The number of nitrogens with one attached hydrogen (secondary N) is 1. The number of anilines is 2. The van der Waals surface area contributed by atoms with E-state index in [9.17, 15) is 4.79 Å². The number of aromatic nitrogens is 1. The lowest BCUT2D eigenvalue weighted by atomic mass is 10.2. The zero-order valence-electron chi connectivity index (χ0n) is 14.3. The summed E-state index contributed by atoms with van der Waals surface area (Å²) in [5, 5.41) is 3.17. The van der Waals surface area contributed by atoms with Crippen molar-refractivity contribution in [2.75, 3.05) is 36.5 Å². The first-order chi connectivity index (χ1) is 12.7. The Kier molecular flexibility index (Phi) is 4.84. The molecule has 2 aliphatic heterocycles. The van der Waals surface area contributed by atoms with E-state index >= 15 is 0 Å². The Balaban J connectivity index is 1.49. The summed E-state index contributed by atoms with van der Waals surface area (Å²) < 4.78 is 11.2. The van der Waals surface area contributed by atoms with Gasteiger partial charge in [-0.25, -0.2) is 4.98 Å².